The predicted molar refractivity (Wildman–Crippen MR) is 117 cm³/mol. The van der Waals surface area contributed by atoms with E-state index in [1.54, 1.807) is 24.3 Å². The van der Waals surface area contributed by atoms with Gasteiger partial charge in [0, 0.05) is 17.5 Å². The lowest BCUT2D eigenvalue weighted by Crippen LogP contribution is -2.15. The molecule has 1 aromatic heterocycles. The quantitative estimate of drug-likeness (QED) is 0.185. The van der Waals surface area contributed by atoms with Crippen molar-refractivity contribution in [1.29, 1.82) is 0 Å². The van der Waals surface area contributed by atoms with Crippen LogP contribution in [0.1, 0.15) is 12.3 Å². The van der Waals surface area contributed by atoms with Crippen molar-refractivity contribution >= 4 is 52.2 Å². The highest BCUT2D eigenvalue weighted by Crippen LogP contribution is 2.28. The summed E-state index contributed by atoms with van der Waals surface area (Å²) in [6.45, 7) is 0.393. The molecule has 9 nitrogen and oxygen atoms in total. The number of nitrogens with one attached hydrogen (secondary N) is 1. The van der Waals surface area contributed by atoms with Gasteiger partial charge >= 0.3 is 0 Å². The normalized spacial score (nSPS) is 10.6. The summed E-state index contributed by atoms with van der Waals surface area (Å²) in [6, 6.07) is 10.9. The van der Waals surface area contributed by atoms with Gasteiger partial charge in [0.25, 0.3) is 10.9 Å². The van der Waals surface area contributed by atoms with Crippen molar-refractivity contribution in [1.82, 2.24) is 10.2 Å². The largest absolute Gasteiger partial charge is 0.492 e. The molecule has 2 aromatic carbocycles. The summed E-state index contributed by atoms with van der Waals surface area (Å²) in [4.78, 5) is 22.5. The molecule has 3 aromatic rings. The number of nitro benzene ring substituents is 1. The van der Waals surface area contributed by atoms with Crippen molar-refractivity contribution in [2.24, 2.45) is 0 Å². The van der Waals surface area contributed by atoms with Gasteiger partial charge < -0.3 is 14.5 Å². The first-order chi connectivity index (χ1) is 14.9. The molecule has 0 spiro atoms. The van der Waals surface area contributed by atoms with Crippen molar-refractivity contribution in [2.45, 2.75) is 18.1 Å². The number of hydrogen-bond donors (Lipinski definition) is 1. The van der Waals surface area contributed by atoms with Crippen LogP contribution in [0.3, 0.4) is 0 Å². The molecule has 0 atom stereocenters. The standard InChI is InChI=1S/C19H16Cl2N4O5S/c20-12-7-8-16(13(21)10-12)29-9-3-6-18-23-24-19(30-18)31-11-17(26)22-14-4-1-2-5-15(14)25(27)28/h1-2,4-5,7-8,10H,3,6,9,11H2,(H,22,26). The van der Waals surface area contributed by atoms with E-state index in [2.05, 4.69) is 15.5 Å². The minimum absolute atomic E-state index is 0.0359. The van der Waals surface area contributed by atoms with E-state index in [1.165, 1.54) is 18.2 Å². The SMILES string of the molecule is O=C(CSc1nnc(CCCOc2ccc(Cl)cc2Cl)o1)Nc1ccccc1[N+](=O)[O-]. The van der Waals surface area contributed by atoms with E-state index in [-0.39, 0.29) is 22.4 Å². The number of anilines is 1. The molecule has 0 fully saturated rings. The zero-order chi connectivity index (χ0) is 22.2. The molecule has 12 heteroatoms. The second-order valence-electron chi connectivity index (χ2n) is 6.10. The van der Waals surface area contributed by atoms with Crippen LogP contribution >= 0.6 is 35.0 Å². The minimum Gasteiger partial charge on any atom is -0.492 e. The maximum Gasteiger partial charge on any atom is 0.292 e. The summed E-state index contributed by atoms with van der Waals surface area (Å²) in [5.41, 5.74) is -0.0480. The number of hydrogen-bond acceptors (Lipinski definition) is 8. The number of benzene rings is 2. The fourth-order valence-corrected chi connectivity index (χ4v) is 3.49. The zero-order valence-electron chi connectivity index (χ0n) is 15.9. The lowest BCUT2D eigenvalue weighted by molar-refractivity contribution is -0.383. The molecular formula is C19H16Cl2N4O5S. The molecule has 1 heterocycles. The minimum atomic E-state index is -0.558. The number of aryl methyl sites for hydroxylation is 1. The zero-order valence-corrected chi connectivity index (χ0v) is 18.2. The number of carbonyl (C=O) groups excluding carboxylic acids is 1. The molecule has 0 aliphatic rings. The molecule has 0 unspecified atom stereocenters. The van der Waals surface area contributed by atoms with Crippen LogP contribution in [0.4, 0.5) is 11.4 Å². The van der Waals surface area contributed by atoms with Crippen LogP contribution in [-0.2, 0) is 11.2 Å². The Morgan fingerprint density at radius 1 is 1.23 bits per heavy atom. The second-order valence-corrected chi connectivity index (χ2v) is 7.87. The maximum atomic E-state index is 12.1. The number of nitro groups is 1. The van der Waals surface area contributed by atoms with E-state index < -0.39 is 10.8 Å². The number of aromatic nitrogens is 2. The third-order valence-corrected chi connectivity index (χ3v) is 5.19. The molecule has 1 N–H and O–H groups in total. The topological polar surface area (TPSA) is 120 Å². The van der Waals surface area contributed by atoms with Gasteiger partial charge in [0.05, 0.1) is 22.3 Å². The predicted octanol–water partition coefficient (Wildman–Crippen LogP) is 5.03. The molecule has 0 radical (unpaired) electrons. The fraction of sp³-hybridized carbons (Fsp3) is 0.211. The second kappa shape index (κ2) is 11.0. The number of amides is 1. The maximum absolute atomic E-state index is 12.1. The van der Waals surface area contributed by atoms with E-state index in [0.29, 0.717) is 41.1 Å². The molecule has 0 aliphatic heterocycles. The molecule has 0 saturated carbocycles. The number of para-hydroxylation sites is 2. The highest BCUT2D eigenvalue weighted by atomic mass is 35.5. The smallest absolute Gasteiger partial charge is 0.292 e. The number of ether oxygens (including phenoxy) is 1. The first-order valence-corrected chi connectivity index (χ1v) is 10.7. The molecule has 0 saturated heterocycles. The molecule has 1 amide bonds. The van der Waals surface area contributed by atoms with E-state index in [4.69, 9.17) is 32.4 Å². The molecule has 0 aliphatic carbocycles. The Hall–Kier alpha value is -2.82. The summed E-state index contributed by atoms with van der Waals surface area (Å²) >= 11 is 12.9. The van der Waals surface area contributed by atoms with Gasteiger partial charge in [-0.05, 0) is 30.7 Å². The number of thioether (sulfide) groups is 1. The Bertz CT molecular complexity index is 1080. The fourth-order valence-electron chi connectivity index (χ4n) is 2.45. The Morgan fingerprint density at radius 2 is 2.03 bits per heavy atom. The summed E-state index contributed by atoms with van der Waals surface area (Å²) in [5.74, 6) is 0.489. The molecular weight excluding hydrogens is 467 g/mol. The summed E-state index contributed by atoms with van der Waals surface area (Å²) in [5, 5.41) is 22.5. The van der Waals surface area contributed by atoms with Crippen molar-refractivity contribution < 1.29 is 18.9 Å². The third-order valence-electron chi connectivity index (χ3n) is 3.84. The molecule has 3 rings (SSSR count). The van der Waals surface area contributed by atoms with Crippen LogP contribution in [0.2, 0.25) is 10.0 Å². The Morgan fingerprint density at radius 3 is 2.81 bits per heavy atom. The first-order valence-electron chi connectivity index (χ1n) is 8.98. The van der Waals surface area contributed by atoms with Crippen LogP contribution in [0.5, 0.6) is 5.75 Å². The van der Waals surface area contributed by atoms with Crippen molar-refractivity contribution in [3.8, 4) is 5.75 Å². The van der Waals surface area contributed by atoms with Gasteiger partial charge in [0.2, 0.25) is 11.8 Å². The Labute approximate surface area is 191 Å². The van der Waals surface area contributed by atoms with Gasteiger partial charge in [-0.2, -0.15) is 0 Å². The average molecular weight is 483 g/mol. The first kappa shape index (κ1) is 22.9. The average Bonchev–Trinajstić information content (AvgIpc) is 3.19. The monoisotopic (exact) mass is 482 g/mol. The van der Waals surface area contributed by atoms with Crippen LogP contribution < -0.4 is 10.1 Å². The highest BCUT2D eigenvalue weighted by molar-refractivity contribution is 7.99. The van der Waals surface area contributed by atoms with Crippen LogP contribution in [0.25, 0.3) is 0 Å². The Kier molecular flexibility index (Phi) is 8.10. The molecule has 162 valence electrons. The van der Waals surface area contributed by atoms with Gasteiger partial charge in [0.1, 0.15) is 11.4 Å². The van der Waals surface area contributed by atoms with Crippen LogP contribution in [-0.4, -0.2) is 33.4 Å². The van der Waals surface area contributed by atoms with Crippen molar-refractivity contribution in [2.75, 3.05) is 17.7 Å². The third kappa shape index (κ3) is 6.84. The van der Waals surface area contributed by atoms with Crippen molar-refractivity contribution in [3.05, 3.63) is 68.5 Å². The lowest BCUT2D eigenvalue weighted by atomic mass is 10.2. The lowest BCUT2D eigenvalue weighted by Gasteiger charge is -2.07. The van der Waals surface area contributed by atoms with E-state index in [0.717, 1.165) is 11.8 Å². The molecule has 31 heavy (non-hydrogen) atoms. The van der Waals surface area contributed by atoms with Gasteiger partial charge in [-0.25, -0.2) is 0 Å². The summed E-state index contributed by atoms with van der Waals surface area (Å²) in [7, 11) is 0. The van der Waals surface area contributed by atoms with Crippen molar-refractivity contribution in [3.63, 3.8) is 0 Å². The highest BCUT2D eigenvalue weighted by Gasteiger charge is 2.16. The Balaban J connectivity index is 1.41. The molecule has 0 bridgehead atoms. The number of rotatable bonds is 10. The van der Waals surface area contributed by atoms with Gasteiger partial charge in [0.15, 0.2) is 0 Å². The van der Waals surface area contributed by atoms with E-state index in [1.807, 2.05) is 0 Å². The number of carbonyl (C=O) groups is 1. The van der Waals surface area contributed by atoms with E-state index in [9.17, 15) is 14.9 Å². The van der Waals surface area contributed by atoms with Gasteiger partial charge in [-0.15, -0.1) is 10.2 Å². The van der Waals surface area contributed by atoms with Crippen LogP contribution in [0.15, 0.2) is 52.1 Å². The van der Waals surface area contributed by atoms with Gasteiger partial charge in [-0.1, -0.05) is 47.1 Å². The summed E-state index contributed by atoms with van der Waals surface area (Å²) < 4.78 is 11.1. The summed E-state index contributed by atoms with van der Waals surface area (Å²) in [6.07, 6.45) is 1.10. The number of nitrogens with zero attached hydrogens (tertiary/aromatic N) is 3. The van der Waals surface area contributed by atoms with Crippen LogP contribution in [0, 0.1) is 10.1 Å². The van der Waals surface area contributed by atoms with E-state index >= 15 is 0 Å². The van der Waals surface area contributed by atoms with Gasteiger partial charge in [-0.3, -0.25) is 14.9 Å². The number of halogens is 2.